The van der Waals surface area contributed by atoms with E-state index in [2.05, 4.69) is 42.8 Å². The second kappa shape index (κ2) is 6.17. The van der Waals surface area contributed by atoms with E-state index in [1.54, 1.807) is 30.0 Å². The molecule has 0 bridgehead atoms. The maximum Gasteiger partial charge on any atom is 0.151 e. The van der Waals surface area contributed by atoms with Crippen LogP contribution in [-0.4, -0.2) is 10.1 Å². The minimum atomic E-state index is 0.238. The molecule has 0 aliphatic heterocycles. The molecule has 0 saturated heterocycles. The van der Waals surface area contributed by atoms with Crippen molar-refractivity contribution in [3.05, 3.63) is 53.9 Å². The van der Waals surface area contributed by atoms with Crippen molar-refractivity contribution in [3.63, 3.8) is 0 Å². The number of aromatic nitrogens is 1. The van der Waals surface area contributed by atoms with E-state index in [0.29, 0.717) is 5.69 Å². The van der Waals surface area contributed by atoms with Crippen LogP contribution in [0.4, 0.5) is 0 Å². The quantitative estimate of drug-likeness (QED) is 0.816. The highest BCUT2D eigenvalue weighted by molar-refractivity contribution is 8.76. The number of hydrogen-bond donors (Lipinski definition) is 1. The first-order chi connectivity index (χ1) is 9.11. The van der Waals surface area contributed by atoms with E-state index in [1.165, 1.54) is 16.4 Å². The van der Waals surface area contributed by atoms with E-state index >= 15 is 0 Å². The molecule has 1 aromatic heterocycles. The Kier molecular flexibility index (Phi) is 4.56. The minimum absolute atomic E-state index is 0.238. The summed E-state index contributed by atoms with van der Waals surface area (Å²) < 4.78 is 0. The maximum absolute atomic E-state index is 10.1. The number of aromatic hydroxyl groups is 1. The first kappa shape index (κ1) is 14.0. The van der Waals surface area contributed by atoms with Crippen LogP contribution in [0.5, 0.6) is 5.75 Å². The van der Waals surface area contributed by atoms with Gasteiger partial charge in [0.15, 0.2) is 5.75 Å². The first-order valence-corrected chi connectivity index (χ1v) is 7.99. The van der Waals surface area contributed by atoms with Crippen LogP contribution in [0.1, 0.15) is 16.8 Å². The third kappa shape index (κ3) is 3.33. The van der Waals surface area contributed by atoms with E-state index in [-0.39, 0.29) is 5.75 Å². The number of benzene rings is 1. The van der Waals surface area contributed by atoms with Crippen molar-refractivity contribution in [1.82, 2.24) is 4.98 Å². The van der Waals surface area contributed by atoms with Crippen LogP contribution in [0.2, 0.25) is 0 Å². The zero-order valence-electron chi connectivity index (χ0n) is 10.9. The molecule has 2 rings (SSSR count). The molecule has 0 aliphatic carbocycles. The SMILES string of the molecule is C=Cc1cnc(C)c(O)c1SSc1ccc(C)cc1. The number of hydrogen-bond acceptors (Lipinski definition) is 4. The molecule has 0 amide bonds. The van der Waals surface area contributed by atoms with Crippen molar-refractivity contribution in [3.8, 4) is 5.75 Å². The zero-order valence-corrected chi connectivity index (χ0v) is 12.5. The Morgan fingerprint density at radius 1 is 1.16 bits per heavy atom. The summed E-state index contributed by atoms with van der Waals surface area (Å²) in [6.45, 7) is 7.61. The van der Waals surface area contributed by atoms with Crippen molar-refractivity contribution in [2.75, 3.05) is 0 Å². The molecule has 0 radical (unpaired) electrons. The summed E-state index contributed by atoms with van der Waals surface area (Å²) in [6.07, 6.45) is 3.45. The Morgan fingerprint density at radius 3 is 2.47 bits per heavy atom. The van der Waals surface area contributed by atoms with Crippen molar-refractivity contribution < 1.29 is 5.11 Å². The lowest BCUT2D eigenvalue weighted by Crippen LogP contribution is -1.87. The van der Waals surface area contributed by atoms with Gasteiger partial charge in [0.1, 0.15) is 0 Å². The lowest BCUT2D eigenvalue weighted by atomic mass is 10.2. The normalized spacial score (nSPS) is 10.4. The monoisotopic (exact) mass is 289 g/mol. The molecule has 0 saturated carbocycles. The fourth-order valence-corrected chi connectivity index (χ4v) is 3.79. The number of nitrogens with zero attached hydrogens (tertiary/aromatic N) is 1. The van der Waals surface area contributed by atoms with Crippen LogP contribution in [0.3, 0.4) is 0 Å². The van der Waals surface area contributed by atoms with E-state index in [4.69, 9.17) is 0 Å². The number of aryl methyl sites for hydroxylation is 2. The lowest BCUT2D eigenvalue weighted by Gasteiger charge is -2.09. The van der Waals surface area contributed by atoms with E-state index in [0.717, 1.165) is 15.4 Å². The molecule has 19 heavy (non-hydrogen) atoms. The van der Waals surface area contributed by atoms with Gasteiger partial charge in [-0.05, 0) is 36.8 Å². The molecule has 98 valence electrons. The van der Waals surface area contributed by atoms with Gasteiger partial charge in [-0.1, -0.05) is 41.1 Å². The van der Waals surface area contributed by atoms with Gasteiger partial charge >= 0.3 is 0 Å². The van der Waals surface area contributed by atoms with Gasteiger partial charge in [-0.25, -0.2) is 0 Å². The second-order valence-electron chi connectivity index (χ2n) is 4.16. The highest BCUT2D eigenvalue weighted by atomic mass is 33.1. The van der Waals surface area contributed by atoms with Crippen molar-refractivity contribution in [2.24, 2.45) is 0 Å². The summed E-state index contributed by atoms with van der Waals surface area (Å²) in [6, 6.07) is 8.31. The Labute approximate surface area is 121 Å². The van der Waals surface area contributed by atoms with Gasteiger partial charge in [0.25, 0.3) is 0 Å². The third-order valence-corrected chi connectivity index (χ3v) is 5.15. The third-order valence-electron chi connectivity index (χ3n) is 2.68. The standard InChI is InChI=1S/C15H15NOS2/c1-4-12-9-16-11(3)14(17)15(12)19-18-13-7-5-10(2)6-8-13/h4-9,17H,1H2,2-3H3. The average molecular weight is 289 g/mol. The van der Waals surface area contributed by atoms with E-state index in [9.17, 15) is 5.11 Å². The van der Waals surface area contributed by atoms with Gasteiger partial charge in [-0.3, -0.25) is 4.98 Å². The molecule has 0 atom stereocenters. The van der Waals surface area contributed by atoms with Gasteiger partial charge in [-0.15, -0.1) is 0 Å². The zero-order chi connectivity index (χ0) is 13.8. The molecule has 1 heterocycles. The molecule has 2 nitrogen and oxygen atoms in total. The topological polar surface area (TPSA) is 33.1 Å². The second-order valence-corrected chi connectivity index (χ2v) is 6.37. The summed E-state index contributed by atoms with van der Waals surface area (Å²) in [5.74, 6) is 0.238. The van der Waals surface area contributed by atoms with E-state index in [1.807, 2.05) is 0 Å². The van der Waals surface area contributed by atoms with Gasteiger partial charge in [-0.2, -0.15) is 0 Å². The Balaban J connectivity index is 2.21. The summed E-state index contributed by atoms with van der Waals surface area (Å²) in [7, 11) is 3.14. The van der Waals surface area contributed by atoms with Crippen LogP contribution >= 0.6 is 21.6 Å². The van der Waals surface area contributed by atoms with Crippen molar-refractivity contribution in [1.29, 1.82) is 0 Å². The maximum atomic E-state index is 10.1. The lowest BCUT2D eigenvalue weighted by molar-refractivity contribution is 0.454. The van der Waals surface area contributed by atoms with Crippen LogP contribution in [0, 0.1) is 13.8 Å². The van der Waals surface area contributed by atoms with E-state index < -0.39 is 0 Å². The van der Waals surface area contributed by atoms with Crippen LogP contribution in [0.25, 0.3) is 6.08 Å². The number of rotatable bonds is 4. The predicted octanol–water partition coefficient (Wildman–Crippen LogP) is 4.85. The van der Waals surface area contributed by atoms with Crippen molar-refractivity contribution >= 4 is 27.7 Å². The molecule has 0 unspecified atom stereocenters. The smallest absolute Gasteiger partial charge is 0.151 e. The summed E-state index contributed by atoms with van der Waals surface area (Å²) in [5, 5.41) is 10.1. The summed E-state index contributed by atoms with van der Waals surface area (Å²) in [4.78, 5) is 6.10. The molecule has 0 aliphatic rings. The summed E-state index contributed by atoms with van der Waals surface area (Å²) in [5.41, 5.74) is 2.73. The highest BCUT2D eigenvalue weighted by Crippen LogP contribution is 2.44. The Morgan fingerprint density at radius 2 is 1.84 bits per heavy atom. The Bertz CT molecular complexity index is 594. The fourth-order valence-electron chi connectivity index (χ4n) is 1.50. The Hall–Kier alpha value is -1.39. The molecule has 2 aromatic rings. The van der Waals surface area contributed by atoms with Gasteiger partial charge in [0, 0.05) is 16.7 Å². The molecular formula is C15H15NOS2. The van der Waals surface area contributed by atoms with Gasteiger partial charge in [0.2, 0.25) is 0 Å². The molecule has 1 aromatic carbocycles. The molecule has 4 heteroatoms. The van der Waals surface area contributed by atoms with Crippen molar-refractivity contribution in [2.45, 2.75) is 23.6 Å². The minimum Gasteiger partial charge on any atom is -0.505 e. The largest absolute Gasteiger partial charge is 0.505 e. The van der Waals surface area contributed by atoms with Crippen LogP contribution in [0.15, 0.2) is 46.8 Å². The average Bonchev–Trinajstić information content (AvgIpc) is 2.42. The number of pyridine rings is 1. The first-order valence-electron chi connectivity index (χ1n) is 5.84. The molecule has 1 N–H and O–H groups in total. The molecular weight excluding hydrogens is 274 g/mol. The van der Waals surface area contributed by atoms with Crippen LogP contribution in [-0.2, 0) is 0 Å². The fraction of sp³-hybridized carbons (Fsp3) is 0.133. The van der Waals surface area contributed by atoms with Crippen LogP contribution < -0.4 is 0 Å². The van der Waals surface area contributed by atoms with Gasteiger partial charge in [0.05, 0.1) is 10.6 Å². The predicted molar refractivity (Wildman–Crippen MR) is 83.6 cm³/mol. The highest BCUT2D eigenvalue weighted by Gasteiger charge is 2.11. The molecule has 0 fully saturated rings. The molecule has 0 spiro atoms. The summed E-state index contributed by atoms with van der Waals surface area (Å²) >= 11 is 0. The van der Waals surface area contributed by atoms with Gasteiger partial charge < -0.3 is 5.11 Å².